The van der Waals surface area contributed by atoms with Crippen LogP contribution in [0.3, 0.4) is 0 Å². The van der Waals surface area contributed by atoms with E-state index in [2.05, 4.69) is 30.4 Å². The standard InChI is InChI=1S/C21H26N2O3/c1-15-6-4-7-16(14-15)8-5-12-22-19(24)11-13-23-20(25)17-9-2-3-10-18(17)21(23)26/h2-4,6-7,14,17-18H,5,8-13H2,1H3,(H,22,24)/t17-,18+. The highest BCUT2D eigenvalue weighted by Gasteiger charge is 2.46. The Morgan fingerprint density at radius 1 is 1.15 bits per heavy atom. The van der Waals surface area contributed by atoms with Gasteiger partial charge in [-0.1, -0.05) is 42.0 Å². The van der Waals surface area contributed by atoms with Gasteiger partial charge in [0, 0.05) is 19.5 Å². The molecule has 26 heavy (non-hydrogen) atoms. The summed E-state index contributed by atoms with van der Waals surface area (Å²) in [5, 5.41) is 2.88. The van der Waals surface area contributed by atoms with Crippen molar-refractivity contribution in [1.29, 1.82) is 0 Å². The number of fused-ring (bicyclic) bond motifs is 1. The van der Waals surface area contributed by atoms with Gasteiger partial charge < -0.3 is 5.32 Å². The molecule has 1 heterocycles. The number of imide groups is 1. The molecule has 138 valence electrons. The lowest BCUT2D eigenvalue weighted by atomic mass is 9.85. The Labute approximate surface area is 154 Å². The van der Waals surface area contributed by atoms with Crippen molar-refractivity contribution in [2.24, 2.45) is 11.8 Å². The van der Waals surface area contributed by atoms with Crippen LogP contribution in [0.1, 0.15) is 36.8 Å². The first-order valence-electron chi connectivity index (χ1n) is 9.38. The smallest absolute Gasteiger partial charge is 0.233 e. The Kier molecular flexibility index (Phi) is 5.86. The number of benzene rings is 1. The fraction of sp³-hybridized carbons (Fsp3) is 0.476. The van der Waals surface area contributed by atoms with Crippen LogP contribution in [-0.4, -0.2) is 35.7 Å². The fourth-order valence-corrected chi connectivity index (χ4v) is 3.78. The van der Waals surface area contributed by atoms with Crippen LogP contribution >= 0.6 is 0 Å². The Hall–Kier alpha value is -2.43. The third-order valence-corrected chi connectivity index (χ3v) is 5.21. The number of hydrogen-bond donors (Lipinski definition) is 1. The van der Waals surface area contributed by atoms with Crippen LogP contribution in [0, 0.1) is 18.8 Å². The number of carbonyl (C=O) groups is 3. The van der Waals surface area contributed by atoms with Gasteiger partial charge in [0.2, 0.25) is 17.7 Å². The lowest BCUT2D eigenvalue weighted by Crippen LogP contribution is -2.35. The van der Waals surface area contributed by atoms with E-state index in [9.17, 15) is 14.4 Å². The number of allylic oxidation sites excluding steroid dienone is 2. The summed E-state index contributed by atoms with van der Waals surface area (Å²) in [7, 11) is 0. The highest BCUT2D eigenvalue weighted by atomic mass is 16.2. The highest BCUT2D eigenvalue weighted by molar-refractivity contribution is 6.05. The van der Waals surface area contributed by atoms with Crippen molar-refractivity contribution in [3.8, 4) is 0 Å². The van der Waals surface area contributed by atoms with Crippen molar-refractivity contribution in [2.75, 3.05) is 13.1 Å². The van der Waals surface area contributed by atoms with Crippen LogP contribution < -0.4 is 5.32 Å². The molecule has 1 aromatic rings. The summed E-state index contributed by atoms with van der Waals surface area (Å²) in [5.41, 5.74) is 2.51. The van der Waals surface area contributed by atoms with E-state index in [-0.39, 0.29) is 42.5 Å². The zero-order chi connectivity index (χ0) is 18.5. The minimum atomic E-state index is -0.218. The first-order chi connectivity index (χ1) is 12.6. The maximum Gasteiger partial charge on any atom is 0.233 e. The Morgan fingerprint density at radius 3 is 2.50 bits per heavy atom. The molecule has 2 atom stereocenters. The van der Waals surface area contributed by atoms with Gasteiger partial charge in [-0.3, -0.25) is 19.3 Å². The molecule has 0 radical (unpaired) electrons. The summed E-state index contributed by atoms with van der Waals surface area (Å²) >= 11 is 0. The summed E-state index contributed by atoms with van der Waals surface area (Å²) in [6.07, 6.45) is 7.17. The summed E-state index contributed by atoms with van der Waals surface area (Å²) in [4.78, 5) is 38.0. The molecular formula is C21H26N2O3. The molecule has 0 unspecified atom stereocenters. The average molecular weight is 354 g/mol. The normalized spacial score (nSPS) is 21.8. The summed E-state index contributed by atoms with van der Waals surface area (Å²) in [5.74, 6) is -0.772. The van der Waals surface area contributed by atoms with E-state index in [1.807, 2.05) is 18.2 Å². The number of carbonyl (C=O) groups excluding carboxylic acids is 3. The molecule has 1 aliphatic carbocycles. The van der Waals surface area contributed by atoms with Gasteiger partial charge in [0.1, 0.15) is 0 Å². The predicted octanol–water partition coefficient (Wildman–Crippen LogP) is 2.39. The quantitative estimate of drug-likeness (QED) is 0.464. The van der Waals surface area contributed by atoms with E-state index < -0.39 is 0 Å². The minimum Gasteiger partial charge on any atom is -0.356 e. The van der Waals surface area contributed by atoms with Gasteiger partial charge in [0.15, 0.2) is 0 Å². The van der Waals surface area contributed by atoms with Crippen LogP contribution in [-0.2, 0) is 20.8 Å². The van der Waals surface area contributed by atoms with E-state index in [1.165, 1.54) is 16.0 Å². The average Bonchev–Trinajstić information content (AvgIpc) is 2.88. The number of amides is 3. The molecule has 1 saturated heterocycles. The van der Waals surface area contributed by atoms with E-state index >= 15 is 0 Å². The molecule has 5 heteroatoms. The van der Waals surface area contributed by atoms with Gasteiger partial charge >= 0.3 is 0 Å². The zero-order valence-corrected chi connectivity index (χ0v) is 15.2. The van der Waals surface area contributed by atoms with Crippen molar-refractivity contribution in [3.63, 3.8) is 0 Å². The molecule has 2 aliphatic rings. The first-order valence-corrected chi connectivity index (χ1v) is 9.38. The third-order valence-electron chi connectivity index (χ3n) is 5.21. The molecule has 0 aromatic heterocycles. The molecule has 1 N–H and O–H groups in total. The maximum atomic E-state index is 12.3. The van der Waals surface area contributed by atoms with E-state index in [1.54, 1.807) is 0 Å². The Balaban J connectivity index is 1.38. The number of nitrogens with one attached hydrogen (secondary N) is 1. The topological polar surface area (TPSA) is 66.5 Å². The molecule has 1 aliphatic heterocycles. The van der Waals surface area contributed by atoms with Gasteiger partial charge in [0.25, 0.3) is 0 Å². The van der Waals surface area contributed by atoms with Crippen LogP contribution in [0.25, 0.3) is 0 Å². The van der Waals surface area contributed by atoms with E-state index in [4.69, 9.17) is 0 Å². The Bertz CT molecular complexity index is 700. The highest BCUT2D eigenvalue weighted by Crippen LogP contribution is 2.34. The molecule has 0 saturated carbocycles. The van der Waals surface area contributed by atoms with E-state index in [0.717, 1.165) is 12.8 Å². The second kappa shape index (κ2) is 8.30. The molecule has 0 bridgehead atoms. The van der Waals surface area contributed by atoms with Crippen molar-refractivity contribution >= 4 is 17.7 Å². The number of aryl methyl sites for hydroxylation is 2. The number of likely N-dealkylation sites (tertiary alicyclic amines) is 1. The largest absolute Gasteiger partial charge is 0.356 e. The van der Waals surface area contributed by atoms with Gasteiger partial charge in [-0.25, -0.2) is 0 Å². The lowest BCUT2D eigenvalue weighted by molar-refractivity contribution is -0.140. The van der Waals surface area contributed by atoms with Crippen molar-refractivity contribution in [1.82, 2.24) is 10.2 Å². The van der Waals surface area contributed by atoms with Crippen LogP contribution in [0.15, 0.2) is 36.4 Å². The molecule has 1 aromatic carbocycles. The van der Waals surface area contributed by atoms with Gasteiger partial charge in [-0.2, -0.15) is 0 Å². The van der Waals surface area contributed by atoms with Crippen LogP contribution in [0.5, 0.6) is 0 Å². The van der Waals surface area contributed by atoms with Gasteiger partial charge in [-0.15, -0.1) is 0 Å². The molecule has 0 spiro atoms. The minimum absolute atomic E-state index is 0.108. The second-order valence-corrected chi connectivity index (χ2v) is 7.18. The summed E-state index contributed by atoms with van der Waals surface area (Å²) in [6.45, 7) is 2.86. The molecule has 3 amide bonds. The molecule has 5 nitrogen and oxygen atoms in total. The SMILES string of the molecule is Cc1cccc(CCCNC(=O)CCN2C(=O)[C@H]3CC=CC[C@H]3C2=O)c1. The maximum absolute atomic E-state index is 12.3. The van der Waals surface area contributed by atoms with Crippen molar-refractivity contribution in [3.05, 3.63) is 47.5 Å². The monoisotopic (exact) mass is 354 g/mol. The Morgan fingerprint density at radius 2 is 1.85 bits per heavy atom. The van der Waals surface area contributed by atoms with E-state index in [0.29, 0.717) is 19.4 Å². The molecular weight excluding hydrogens is 328 g/mol. The summed E-state index contributed by atoms with van der Waals surface area (Å²) in [6, 6.07) is 8.35. The van der Waals surface area contributed by atoms with Crippen molar-refractivity contribution < 1.29 is 14.4 Å². The zero-order valence-electron chi connectivity index (χ0n) is 15.2. The van der Waals surface area contributed by atoms with Crippen molar-refractivity contribution in [2.45, 2.75) is 39.0 Å². The van der Waals surface area contributed by atoms with Crippen LogP contribution in [0.2, 0.25) is 0 Å². The number of rotatable bonds is 7. The second-order valence-electron chi connectivity index (χ2n) is 7.18. The summed E-state index contributed by atoms with van der Waals surface area (Å²) < 4.78 is 0. The number of hydrogen-bond acceptors (Lipinski definition) is 3. The molecule has 3 rings (SSSR count). The first kappa shape index (κ1) is 18.4. The fourth-order valence-electron chi connectivity index (χ4n) is 3.78. The predicted molar refractivity (Wildman–Crippen MR) is 99.2 cm³/mol. The third kappa shape index (κ3) is 4.21. The molecule has 1 fully saturated rings. The van der Waals surface area contributed by atoms with Gasteiger partial charge in [-0.05, 0) is 38.2 Å². The number of nitrogens with zero attached hydrogens (tertiary/aromatic N) is 1. The lowest BCUT2D eigenvalue weighted by Gasteiger charge is -2.14. The van der Waals surface area contributed by atoms with Gasteiger partial charge in [0.05, 0.1) is 11.8 Å². The van der Waals surface area contributed by atoms with Crippen LogP contribution in [0.4, 0.5) is 0 Å².